The maximum atomic E-state index is 6.89. The zero-order chi connectivity index (χ0) is 7.14. The first-order chi connectivity index (χ1) is 4.83. The summed E-state index contributed by atoms with van der Waals surface area (Å²) in [5.41, 5.74) is 5.80. The van der Waals surface area contributed by atoms with E-state index < -0.39 is 0 Å². The van der Waals surface area contributed by atoms with Crippen molar-refractivity contribution in [1.82, 2.24) is 5.01 Å². The summed E-state index contributed by atoms with van der Waals surface area (Å²) >= 11 is 0. The van der Waals surface area contributed by atoms with Gasteiger partial charge in [0.2, 0.25) is 0 Å². The molecule has 0 amide bonds. The fraction of sp³-hybridized carbons (Fsp3) is 0.857. The largest absolute Gasteiger partial charge is 0.326 e. The van der Waals surface area contributed by atoms with Gasteiger partial charge >= 0.3 is 0 Å². The molecule has 2 aliphatic heterocycles. The van der Waals surface area contributed by atoms with E-state index >= 15 is 0 Å². The lowest BCUT2D eigenvalue weighted by Crippen LogP contribution is -2.34. The average Bonchev–Trinajstić information content (AvgIpc) is 2.42. The van der Waals surface area contributed by atoms with E-state index in [0.29, 0.717) is 12.1 Å². The highest BCUT2D eigenvalue weighted by atomic mass is 15.5. The number of nitrogens with two attached hydrogens (primary N) is 1. The van der Waals surface area contributed by atoms with Crippen molar-refractivity contribution in [2.24, 2.45) is 5.73 Å². The van der Waals surface area contributed by atoms with E-state index in [-0.39, 0.29) is 6.04 Å². The fourth-order valence-electron chi connectivity index (χ4n) is 2.16. The van der Waals surface area contributed by atoms with E-state index in [1.54, 1.807) is 0 Å². The summed E-state index contributed by atoms with van der Waals surface area (Å²) in [4.78, 5) is 3.47. The molecule has 2 bridgehead atoms. The van der Waals surface area contributed by atoms with Gasteiger partial charge in [0.1, 0.15) is 6.04 Å². The zero-order valence-electron chi connectivity index (χ0n) is 5.83. The molecule has 3 heteroatoms. The van der Waals surface area contributed by atoms with Crippen LogP contribution in [0.1, 0.15) is 19.3 Å². The Hall–Kier alpha value is -0.750. The van der Waals surface area contributed by atoms with Gasteiger partial charge in [-0.05, 0) is 19.3 Å². The minimum atomic E-state index is 0.271. The van der Waals surface area contributed by atoms with Crippen LogP contribution >= 0.6 is 0 Å². The van der Waals surface area contributed by atoms with Crippen molar-refractivity contribution in [2.75, 3.05) is 0 Å². The van der Waals surface area contributed by atoms with Crippen LogP contribution in [0.25, 0.3) is 4.95 Å². The molecule has 2 saturated heterocycles. The third-order valence-electron chi connectivity index (χ3n) is 2.66. The predicted octanol–water partition coefficient (Wildman–Crippen LogP) is 0.385. The molecule has 2 fully saturated rings. The topological polar surface area (TPSA) is 33.6 Å². The van der Waals surface area contributed by atoms with Crippen LogP contribution in [0.15, 0.2) is 0 Å². The molecule has 2 heterocycles. The van der Waals surface area contributed by atoms with Gasteiger partial charge in [-0.15, -0.1) is 5.01 Å². The van der Waals surface area contributed by atoms with Crippen LogP contribution in [0.4, 0.5) is 0 Å². The number of hydrogen-bond donors (Lipinski definition) is 1. The van der Waals surface area contributed by atoms with E-state index in [2.05, 4.69) is 4.95 Å². The van der Waals surface area contributed by atoms with E-state index in [0.717, 1.165) is 12.8 Å². The Kier molecular flexibility index (Phi) is 1.12. The maximum Gasteiger partial charge on any atom is 0.112 e. The van der Waals surface area contributed by atoms with Gasteiger partial charge in [0.05, 0.1) is 6.04 Å². The summed E-state index contributed by atoms with van der Waals surface area (Å²) < 4.78 is 0. The number of nitrogens with zero attached hydrogens (tertiary/aromatic N) is 2. The molecule has 3 unspecified atom stereocenters. The third-order valence-corrected chi connectivity index (χ3v) is 2.66. The highest BCUT2D eigenvalue weighted by Crippen LogP contribution is 2.36. The summed E-state index contributed by atoms with van der Waals surface area (Å²) in [6, 6.07) is 1.13. The first-order valence-corrected chi connectivity index (χ1v) is 3.74. The lowest BCUT2D eigenvalue weighted by molar-refractivity contribution is 0.343. The van der Waals surface area contributed by atoms with Crippen molar-refractivity contribution in [1.29, 1.82) is 0 Å². The van der Waals surface area contributed by atoms with Crippen molar-refractivity contribution < 1.29 is 0 Å². The Balaban J connectivity index is 2.20. The normalized spacial score (nSPS) is 44.0. The molecular weight excluding hydrogens is 126 g/mol. The lowest BCUT2D eigenvalue weighted by Gasteiger charge is -2.11. The van der Waals surface area contributed by atoms with Gasteiger partial charge in [-0.3, -0.25) is 0 Å². The molecule has 54 valence electrons. The summed E-state index contributed by atoms with van der Waals surface area (Å²) in [6.45, 7) is 6.89. The van der Waals surface area contributed by atoms with Crippen LogP contribution < -0.4 is 5.73 Å². The molecule has 0 spiro atoms. The summed E-state index contributed by atoms with van der Waals surface area (Å²) in [7, 11) is 0. The Bertz CT molecular complexity index is 184. The number of hydrogen-bond acceptors (Lipinski definition) is 2. The van der Waals surface area contributed by atoms with Crippen molar-refractivity contribution >= 4 is 0 Å². The summed E-state index contributed by atoms with van der Waals surface area (Å²) in [6.07, 6.45) is 3.35. The molecule has 0 aromatic carbocycles. The molecule has 2 aliphatic rings. The average molecular weight is 137 g/mol. The standard InChI is InChI=1S/C7H11N3/c1-9-10-5-2-3-7(10)6(8)4-5/h5-7H,2-4,8H2. The van der Waals surface area contributed by atoms with Gasteiger partial charge in [-0.1, -0.05) is 0 Å². The zero-order valence-corrected chi connectivity index (χ0v) is 5.83. The second kappa shape index (κ2) is 1.86. The van der Waals surface area contributed by atoms with Crippen LogP contribution in [-0.2, 0) is 0 Å². The minimum Gasteiger partial charge on any atom is -0.326 e. The smallest absolute Gasteiger partial charge is 0.112 e. The van der Waals surface area contributed by atoms with Gasteiger partial charge < -0.3 is 5.73 Å². The highest BCUT2D eigenvalue weighted by Gasteiger charge is 2.48. The monoisotopic (exact) mass is 137 g/mol. The van der Waals surface area contributed by atoms with Gasteiger partial charge in [0.25, 0.3) is 0 Å². The van der Waals surface area contributed by atoms with Gasteiger partial charge in [0, 0.05) is 6.04 Å². The van der Waals surface area contributed by atoms with E-state index in [4.69, 9.17) is 12.3 Å². The Morgan fingerprint density at radius 1 is 1.50 bits per heavy atom. The van der Waals surface area contributed by atoms with Crippen molar-refractivity contribution in [3.8, 4) is 0 Å². The van der Waals surface area contributed by atoms with Crippen LogP contribution in [0.3, 0.4) is 0 Å². The molecule has 0 aromatic rings. The SMILES string of the molecule is [C-]#[N+]N1C2CCC1C(N)C2. The van der Waals surface area contributed by atoms with E-state index in [1.165, 1.54) is 6.42 Å². The van der Waals surface area contributed by atoms with Crippen molar-refractivity contribution in [3.05, 3.63) is 11.5 Å². The second-order valence-corrected chi connectivity index (χ2v) is 3.18. The van der Waals surface area contributed by atoms with Crippen LogP contribution in [0.5, 0.6) is 0 Å². The maximum absolute atomic E-state index is 6.89. The van der Waals surface area contributed by atoms with Gasteiger partial charge in [0.15, 0.2) is 0 Å². The fourth-order valence-corrected chi connectivity index (χ4v) is 2.16. The molecule has 2 N–H and O–H groups in total. The Morgan fingerprint density at radius 3 is 2.60 bits per heavy atom. The summed E-state index contributed by atoms with van der Waals surface area (Å²) in [5, 5.41) is 1.87. The minimum absolute atomic E-state index is 0.271. The molecule has 2 rings (SSSR count). The van der Waals surface area contributed by atoms with Gasteiger partial charge in [-0.25, -0.2) is 0 Å². The number of rotatable bonds is 0. The predicted molar refractivity (Wildman–Crippen MR) is 37.8 cm³/mol. The number of fused-ring (bicyclic) bond motifs is 2. The van der Waals surface area contributed by atoms with E-state index in [1.807, 2.05) is 5.01 Å². The Morgan fingerprint density at radius 2 is 2.30 bits per heavy atom. The molecule has 0 radical (unpaired) electrons. The van der Waals surface area contributed by atoms with Crippen LogP contribution in [-0.4, -0.2) is 23.1 Å². The molecule has 3 atom stereocenters. The van der Waals surface area contributed by atoms with Crippen LogP contribution in [0, 0.1) is 6.57 Å². The first-order valence-electron chi connectivity index (χ1n) is 3.74. The quantitative estimate of drug-likeness (QED) is 0.490. The third kappa shape index (κ3) is 0.572. The van der Waals surface area contributed by atoms with E-state index in [9.17, 15) is 0 Å². The summed E-state index contributed by atoms with van der Waals surface area (Å²) in [5.74, 6) is 0. The molecule has 0 saturated carbocycles. The van der Waals surface area contributed by atoms with Crippen LogP contribution in [0.2, 0.25) is 0 Å². The molecule has 3 nitrogen and oxygen atoms in total. The Labute approximate surface area is 60.6 Å². The second-order valence-electron chi connectivity index (χ2n) is 3.18. The molecular formula is C7H11N3. The first kappa shape index (κ1) is 5.99. The molecule has 10 heavy (non-hydrogen) atoms. The van der Waals surface area contributed by atoms with Gasteiger partial charge in [-0.2, -0.15) is 11.5 Å². The molecule has 0 aromatic heterocycles. The molecule has 0 aliphatic carbocycles. The van der Waals surface area contributed by atoms with Crippen molar-refractivity contribution in [2.45, 2.75) is 37.4 Å². The van der Waals surface area contributed by atoms with Crippen molar-refractivity contribution in [3.63, 3.8) is 0 Å². The highest BCUT2D eigenvalue weighted by molar-refractivity contribution is 5.03. The lowest BCUT2D eigenvalue weighted by atomic mass is 9.97.